The van der Waals surface area contributed by atoms with E-state index in [1.807, 2.05) is 6.92 Å². The van der Waals surface area contributed by atoms with Crippen molar-refractivity contribution in [2.45, 2.75) is 84.7 Å². The maximum atomic E-state index is 12.2. The number of carbonyl (C=O) groups is 1. The smallest absolute Gasteiger partial charge is 0.133 e. The second-order valence-corrected chi connectivity index (χ2v) is 9.78. The van der Waals surface area contributed by atoms with Crippen LogP contribution in [-0.2, 0) is 4.79 Å². The fourth-order valence-corrected chi connectivity index (χ4v) is 7.49. The molecule has 0 bridgehead atoms. The summed E-state index contributed by atoms with van der Waals surface area (Å²) in [5.74, 6) is 2.99. The fraction of sp³-hybridized carbons (Fsp3) is 0.864. The molecule has 24 heavy (non-hydrogen) atoms. The standard InChI is InChI=1S/C22H34O2/c1-14(23)18-8-9-19-17-7-5-15-4-6-16(24)10-12-21(15,2)20(17)11-13-22(18,19)3/h5,16-20,24H,4,6-13H2,1-3H3/t16-,17-,18+,19-,20-,21-,22+/m0/s1. The van der Waals surface area contributed by atoms with E-state index in [1.54, 1.807) is 5.57 Å². The molecule has 0 aromatic carbocycles. The molecule has 4 aliphatic carbocycles. The van der Waals surface area contributed by atoms with Crippen LogP contribution in [0.1, 0.15) is 78.6 Å². The van der Waals surface area contributed by atoms with E-state index in [9.17, 15) is 9.90 Å². The van der Waals surface area contributed by atoms with Gasteiger partial charge in [-0.3, -0.25) is 4.79 Å². The van der Waals surface area contributed by atoms with E-state index in [0.29, 0.717) is 17.1 Å². The number of allylic oxidation sites excluding steroid dienone is 2. The molecule has 0 spiro atoms. The molecule has 0 aromatic heterocycles. The first-order valence-electron chi connectivity index (χ1n) is 10.2. The van der Waals surface area contributed by atoms with Gasteiger partial charge in [0.25, 0.3) is 0 Å². The highest BCUT2D eigenvalue weighted by Gasteiger charge is 2.58. The topological polar surface area (TPSA) is 37.3 Å². The predicted octanol–water partition coefficient (Wildman–Crippen LogP) is 4.91. The number of Topliss-reactive ketones (excluding diaryl/α,β-unsaturated/α-hetero) is 1. The van der Waals surface area contributed by atoms with Crippen molar-refractivity contribution in [3.8, 4) is 0 Å². The molecule has 3 fully saturated rings. The van der Waals surface area contributed by atoms with E-state index >= 15 is 0 Å². The number of rotatable bonds is 1. The Bertz CT molecular complexity index is 564. The highest BCUT2D eigenvalue weighted by atomic mass is 16.3. The molecule has 0 unspecified atom stereocenters. The van der Waals surface area contributed by atoms with Gasteiger partial charge in [0, 0.05) is 5.92 Å². The largest absolute Gasteiger partial charge is 0.393 e. The van der Waals surface area contributed by atoms with Crippen molar-refractivity contribution in [2.24, 2.45) is 34.5 Å². The fourth-order valence-electron chi connectivity index (χ4n) is 7.49. The Balaban J connectivity index is 1.66. The molecule has 0 saturated heterocycles. The van der Waals surface area contributed by atoms with E-state index in [0.717, 1.165) is 49.9 Å². The van der Waals surface area contributed by atoms with Crippen LogP contribution in [0.3, 0.4) is 0 Å². The molecular weight excluding hydrogens is 296 g/mol. The van der Waals surface area contributed by atoms with Gasteiger partial charge in [0.1, 0.15) is 5.78 Å². The number of fused-ring (bicyclic) bond motifs is 5. The van der Waals surface area contributed by atoms with Crippen molar-refractivity contribution >= 4 is 5.78 Å². The van der Waals surface area contributed by atoms with Gasteiger partial charge in [0.2, 0.25) is 0 Å². The predicted molar refractivity (Wildman–Crippen MR) is 96.5 cm³/mol. The second kappa shape index (κ2) is 5.69. The van der Waals surface area contributed by atoms with Crippen molar-refractivity contribution in [1.29, 1.82) is 0 Å². The first-order chi connectivity index (χ1) is 11.4. The number of aliphatic hydroxyl groups is 1. The van der Waals surface area contributed by atoms with Crippen LogP contribution in [0.15, 0.2) is 11.6 Å². The summed E-state index contributed by atoms with van der Waals surface area (Å²) in [7, 11) is 0. The number of carbonyl (C=O) groups excluding carboxylic acids is 1. The van der Waals surface area contributed by atoms with Crippen LogP contribution < -0.4 is 0 Å². The summed E-state index contributed by atoms with van der Waals surface area (Å²) >= 11 is 0. The normalized spacial score (nSPS) is 51.0. The SMILES string of the molecule is CC(=O)[C@H]1CC[C@H]2[C@@H]3CC=C4CC[C@H](O)CC[C@]4(C)[C@H]3CC[C@]12C. The van der Waals surface area contributed by atoms with Crippen molar-refractivity contribution < 1.29 is 9.90 Å². The van der Waals surface area contributed by atoms with Gasteiger partial charge in [0.05, 0.1) is 6.10 Å². The monoisotopic (exact) mass is 330 g/mol. The van der Waals surface area contributed by atoms with Gasteiger partial charge < -0.3 is 5.11 Å². The van der Waals surface area contributed by atoms with Gasteiger partial charge in [-0.25, -0.2) is 0 Å². The van der Waals surface area contributed by atoms with Crippen LogP contribution in [0.25, 0.3) is 0 Å². The Labute approximate surface area is 147 Å². The van der Waals surface area contributed by atoms with Gasteiger partial charge in [-0.15, -0.1) is 0 Å². The lowest BCUT2D eigenvalue weighted by Crippen LogP contribution is -2.49. The third kappa shape index (κ3) is 2.28. The average molecular weight is 331 g/mol. The summed E-state index contributed by atoms with van der Waals surface area (Å²) in [5.41, 5.74) is 2.19. The lowest BCUT2D eigenvalue weighted by atomic mass is 9.48. The average Bonchev–Trinajstić information content (AvgIpc) is 2.81. The van der Waals surface area contributed by atoms with Gasteiger partial charge in [-0.1, -0.05) is 25.5 Å². The Morgan fingerprint density at radius 2 is 1.88 bits per heavy atom. The molecule has 4 aliphatic rings. The quantitative estimate of drug-likeness (QED) is 0.694. The number of ketones is 1. The molecule has 0 aromatic rings. The van der Waals surface area contributed by atoms with Gasteiger partial charge in [-0.2, -0.15) is 0 Å². The molecule has 0 aliphatic heterocycles. The zero-order chi connectivity index (χ0) is 17.1. The minimum absolute atomic E-state index is 0.103. The molecule has 134 valence electrons. The van der Waals surface area contributed by atoms with Gasteiger partial charge >= 0.3 is 0 Å². The molecule has 0 amide bonds. The van der Waals surface area contributed by atoms with E-state index < -0.39 is 0 Å². The van der Waals surface area contributed by atoms with E-state index in [1.165, 1.54) is 25.7 Å². The van der Waals surface area contributed by atoms with Crippen LogP contribution in [0.2, 0.25) is 0 Å². The Morgan fingerprint density at radius 3 is 2.62 bits per heavy atom. The first-order valence-corrected chi connectivity index (χ1v) is 10.2. The van der Waals surface area contributed by atoms with Gasteiger partial charge in [-0.05, 0) is 93.3 Å². The van der Waals surface area contributed by atoms with E-state index in [-0.39, 0.29) is 11.5 Å². The highest BCUT2D eigenvalue weighted by molar-refractivity contribution is 5.79. The Hall–Kier alpha value is -0.630. The molecule has 3 saturated carbocycles. The van der Waals surface area contributed by atoms with Crippen LogP contribution in [0.5, 0.6) is 0 Å². The minimum atomic E-state index is -0.103. The van der Waals surface area contributed by atoms with Crippen LogP contribution in [-0.4, -0.2) is 17.0 Å². The molecule has 1 N–H and O–H groups in total. The zero-order valence-electron chi connectivity index (χ0n) is 15.7. The number of hydrogen-bond donors (Lipinski definition) is 1. The lowest BCUT2D eigenvalue weighted by Gasteiger charge is -2.56. The lowest BCUT2D eigenvalue weighted by molar-refractivity contribution is -0.127. The molecule has 4 rings (SSSR count). The summed E-state index contributed by atoms with van der Waals surface area (Å²) in [5, 5.41) is 10.2. The maximum Gasteiger partial charge on any atom is 0.133 e. The number of aliphatic hydroxyl groups excluding tert-OH is 1. The van der Waals surface area contributed by atoms with Crippen molar-refractivity contribution in [3.63, 3.8) is 0 Å². The Kier molecular flexibility index (Phi) is 3.99. The number of hydrogen-bond acceptors (Lipinski definition) is 2. The summed E-state index contributed by atoms with van der Waals surface area (Å²) < 4.78 is 0. The molecular formula is C22H34O2. The van der Waals surface area contributed by atoms with Crippen molar-refractivity contribution in [1.82, 2.24) is 0 Å². The van der Waals surface area contributed by atoms with E-state index in [2.05, 4.69) is 19.9 Å². The highest BCUT2D eigenvalue weighted by Crippen LogP contribution is 2.65. The van der Waals surface area contributed by atoms with Crippen molar-refractivity contribution in [3.05, 3.63) is 11.6 Å². The van der Waals surface area contributed by atoms with Gasteiger partial charge in [0.15, 0.2) is 0 Å². The molecule has 0 heterocycles. The second-order valence-electron chi connectivity index (χ2n) is 9.78. The van der Waals surface area contributed by atoms with Crippen LogP contribution >= 0.6 is 0 Å². The first kappa shape index (κ1) is 16.8. The molecule has 0 radical (unpaired) electrons. The molecule has 2 heteroatoms. The maximum absolute atomic E-state index is 12.2. The summed E-state index contributed by atoms with van der Waals surface area (Å²) in [6.07, 6.45) is 12.7. The molecule has 7 atom stereocenters. The third-order valence-electron chi connectivity index (χ3n) is 8.86. The zero-order valence-corrected chi connectivity index (χ0v) is 15.7. The Morgan fingerprint density at radius 1 is 1.08 bits per heavy atom. The minimum Gasteiger partial charge on any atom is -0.393 e. The van der Waals surface area contributed by atoms with Crippen LogP contribution in [0.4, 0.5) is 0 Å². The summed E-state index contributed by atoms with van der Waals surface area (Å²) in [6.45, 7) is 6.73. The molecule has 2 nitrogen and oxygen atoms in total. The van der Waals surface area contributed by atoms with Crippen molar-refractivity contribution in [2.75, 3.05) is 0 Å². The van der Waals surface area contributed by atoms with Crippen LogP contribution in [0, 0.1) is 34.5 Å². The summed E-state index contributed by atoms with van der Waals surface area (Å²) in [4.78, 5) is 12.2. The summed E-state index contributed by atoms with van der Waals surface area (Å²) in [6, 6.07) is 0. The van der Waals surface area contributed by atoms with E-state index in [4.69, 9.17) is 0 Å². The third-order valence-corrected chi connectivity index (χ3v) is 8.86.